The van der Waals surface area contributed by atoms with Gasteiger partial charge in [-0.2, -0.15) is 0 Å². The maximum Gasteiger partial charge on any atom is 0.126 e. The lowest BCUT2D eigenvalue weighted by Gasteiger charge is -2.34. The Morgan fingerprint density at radius 1 is 1.53 bits per heavy atom. The molecule has 1 fully saturated rings. The van der Waals surface area contributed by atoms with E-state index in [4.69, 9.17) is 4.74 Å². The maximum absolute atomic E-state index is 5.63. The van der Waals surface area contributed by atoms with Crippen LogP contribution < -0.4 is 0 Å². The second kappa shape index (κ2) is 5.45. The van der Waals surface area contributed by atoms with Crippen molar-refractivity contribution in [3.63, 3.8) is 0 Å². The number of nitrogens with zero attached hydrogens (tertiary/aromatic N) is 2. The number of aryl methyl sites for hydroxylation is 2. The van der Waals surface area contributed by atoms with Crippen molar-refractivity contribution in [3.8, 4) is 0 Å². The summed E-state index contributed by atoms with van der Waals surface area (Å²) in [7, 11) is 0. The number of H-pyrrole nitrogens is 1. The molecule has 1 aliphatic heterocycles. The van der Waals surface area contributed by atoms with Crippen LogP contribution >= 0.6 is 11.3 Å². The first-order valence-electron chi connectivity index (χ1n) is 6.60. The SMILES string of the molecule is Cc1cnc(C2COCCN2Cc2sccc2C)[nH]1. The Morgan fingerprint density at radius 3 is 3.11 bits per heavy atom. The smallest absolute Gasteiger partial charge is 0.126 e. The monoisotopic (exact) mass is 277 g/mol. The number of thiophene rings is 1. The number of morpholine rings is 1. The average Bonchev–Trinajstić information content (AvgIpc) is 3.00. The van der Waals surface area contributed by atoms with E-state index in [1.165, 1.54) is 10.4 Å². The summed E-state index contributed by atoms with van der Waals surface area (Å²) >= 11 is 1.83. The molecule has 0 bridgehead atoms. The molecule has 0 saturated carbocycles. The molecular weight excluding hydrogens is 258 g/mol. The lowest BCUT2D eigenvalue weighted by Crippen LogP contribution is -2.39. The predicted molar refractivity (Wildman–Crippen MR) is 76.4 cm³/mol. The molecule has 2 aromatic heterocycles. The molecule has 0 spiro atoms. The van der Waals surface area contributed by atoms with Crippen LogP contribution in [0.5, 0.6) is 0 Å². The quantitative estimate of drug-likeness (QED) is 0.937. The Labute approximate surface area is 117 Å². The largest absolute Gasteiger partial charge is 0.378 e. The Morgan fingerprint density at radius 2 is 2.42 bits per heavy atom. The molecule has 3 heterocycles. The van der Waals surface area contributed by atoms with Crippen LogP contribution in [0.2, 0.25) is 0 Å². The number of aromatic nitrogens is 2. The van der Waals surface area contributed by atoms with E-state index in [1.807, 2.05) is 24.5 Å². The third-order valence-corrected chi connectivity index (χ3v) is 4.60. The second-order valence-corrected chi connectivity index (χ2v) is 6.04. The van der Waals surface area contributed by atoms with Gasteiger partial charge in [0.15, 0.2) is 0 Å². The molecule has 4 nitrogen and oxygen atoms in total. The first kappa shape index (κ1) is 12.8. The fourth-order valence-corrected chi connectivity index (χ4v) is 3.36. The summed E-state index contributed by atoms with van der Waals surface area (Å²) in [5, 5.41) is 2.16. The molecule has 0 radical (unpaired) electrons. The molecule has 3 rings (SSSR count). The Bertz CT molecular complexity index is 548. The van der Waals surface area contributed by atoms with Crippen molar-refractivity contribution >= 4 is 11.3 Å². The van der Waals surface area contributed by atoms with Crippen molar-refractivity contribution in [2.75, 3.05) is 19.8 Å². The van der Waals surface area contributed by atoms with Gasteiger partial charge in [-0.25, -0.2) is 4.98 Å². The molecule has 1 atom stereocenters. The van der Waals surface area contributed by atoms with Crippen molar-refractivity contribution in [1.29, 1.82) is 0 Å². The second-order valence-electron chi connectivity index (χ2n) is 5.04. The van der Waals surface area contributed by atoms with Gasteiger partial charge in [0, 0.05) is 29.9 Å². The van der Waals surface area contributed by atoms with Gasteiger partial charge in [0.05, 0.1) is 19.3 Å². The van der Waals surface area contributed by atoms with E-state index in [1.54, 1.807) is 0 Å². The number of nitrogens with one attached hydrogen (secondary N) is 1. The lowest BCUT2D eigenvalue weighted by atomic mass is 10.2. The van der Waals surface area contributed by atoms with Crippen LogP contribution in [0.1, 0.15) is 28.0 Å². The highest BCUT2D eigenvalue weighted by Crippen LogP contribution is 2.26. The number of rotatable bonds is 3. The molecule has 19 heavy (non-hydrogen) atoms. The number of ether oxygens (including phenoxy) is 1. The third-order valence-electron chi connectivity index (χ3n) is 3.59. The van der Waals surface area contributed by atoms with Crippen molar-refractivity contribution in [1.82, 2.24) is 14.9 Å². The third kappa shape index (κ3) is 2.73. The van der Waals surface area contributed by atoms with Crippen molar-refractivity contribution in [2.45, 2.75) is 26.4 Å². The molecule has 0 amide bonds. The molecule has 1 saturated heterocycles. The average molecular weight is 277 g/mol. The van der Waals surface area contributed by atoms with E-state index in [9.17, 15) is 0 Å². The minimum absolute atomic E-state index is 0.240. The first-order chi connectivity index (χ1) is 9.24. The van der Waals surface area contributed by atoms with Gasteiger partial charge < -0.3 is 9.72 Å². The lowest BCUT2D eigenvalue weighted by molar-refractivity contribution is -0.0152. The minimum atomic E-state index is 0.240. The summed E-state index contributed by atoms with van der Waals surface area (Å²) in [4.78, 5) is 11.7. The highest BCUT2D eigenvalue weighted by Gasteiger charge is 2.27. The summed E-state index contributed by atoms with van der Waals surface area (Å²) in [6.45, 7) is 7.68. The van der Waals surface area contributed by atoms with Gasteiger partial charge in [-0.05, 0) is 30.9 Å². The highest BCUT2D eigenvalue weighted by atomic mass is 32.1. The summed E-state index contributed by atoms with van der Waals surface area (Å²) in [5.41, 5.74) is 2.48. The van der Waals surface area contributed by atoms with Gasteiger partial charge in [0.2, 0.25) is 0 Å². The normalized spacial score (nSPS) is 20.8. The molecular formula is C14H19N3OS. The summed E-state index contributed by atoms with van der Waals surface area (Å²) in [5.74, 6) is 1.02. The van der Waals surface area contributed by atoms with E-state index < -0.39 is 0 Å². The standard InChI is InChI=1S/C14H19N3OS/c1-10-3-6-19-13(10)8-17-4-5-18-9-12(17)14-15-7-11(2)16-14/h3,6-7,12H,4-5,8-9H2,1-2H3,(H,15,16). The van der Waals surface area contributed by atoms with Gasteiger partial charge in [0.1, 0.15) is 5.82 Å². The van der Waals surface area contributed by atoms with Crippen LogP contribution in [0.4, 0.5) is 0 Å². The van der Waals surface area contributed by atoms with Crippen molar-refractivity contribution < 1.29 is 4.74 Å². The first-order valence-corrected chi connectivity index (χ1v) is 7.48. The zero-order valence-electron chi connectivity index (χ0n) is 11.3. The number of hydrogen-bond acceptors (Lipinski definition) is 4. The Kier molecular flexibility index (Phi) is 3.68. The van der Waals surface area contributed by atoms with E-state index in [0.717, 1.165) is 37.8 Å². The fourth-order valence-electron chi connectivity index (χ4n) is 2.43. The van der Waals surface area contributed by atoms with Gasteiger partial charge in [-0.1, -0.05) is 0 Å². The van der Waals surface area contributed by atoms with E-state index >= 15 is 0 Å². The van der Waals surface area contributed by atoms with Gasteiger partial charge >= 0.3 is 0 Å². The van der Waals surface area contributed by atoms with E-state index in [2.05, 4.69) is 33.2 Å². The van der Waals surface area contributed by atoms with Gasteiger partial charge in [-0.3, -0.25) is 4.90 Å². The highest BCUT2D eigenvalue weighted by molar-refractivity contribution is 7.10. The Balaban J connectivity index is 1.79. The van der Waals surface area contributed by atoms with Crippen LogP contribution in [0, 0.1) is 13.8 Å². The summed E-state index contributed by atoms with van der Waals surface area (Å²) < 4.78 is 5.63. The molecule has 1 N–H and O–H groups in total. The zero-order chi connectivity index (χ0) is 13.2. The van der Waals surface area contributed by atoms with Crippen molar-refractivity contribution in [3.05, 3.63) is 39.6 Å². The van der Waals surface area contributed by atoms with Crippen LogP contribution in [-0.2, 0) is 11.3 Å². The summed E-state index contributed by atoms with van der Waals surface area (Å²) in [6, 6.07) is 2.43. The van der Waals surface area contributed by atoms with E-state index in [-0.39, 0.29) is 6.04 Å². The molecule has 1 aliphatic rings. The summed E-state index contributed by atoms with van der Waals surface area (Å²) in [6.07, 6.45) is 1.89. The van der Waals surface area contributed by atoms with Gasteiger partial charge in [-0.15, -0.1) is 11.3 Å². The molecule has 5 heteroatoms. The van der Waals surface area contributed by atoms with Gasteiger partial charge in [0.25, 0.3) is 0 Å². The maximum atomic E-state index is 5.63. The fraction of sp³-hybridized carbons (Fsp3) is 0.500. The van der Waals surface area contributed by atoms with Crippen LogP contribution in [0.25, 0.3) is 0 Å². The van der Waals surface area contributed by atoms with Crippen LogP contribution in [-0.4, -0.2) is 34.6 Å². The van der Waals surface area contributed by atoms with Crippen LogP contribution in [0.15, 0.2) is 17.6 Å². The molecule has 1 unspecified atom stereocenters. The van der Waals surface area contributed by atoms with Crippen molar-refractivity contribution in [2.24, 2.45) is 0 Å². The molecule has 0 aliphatic carbocycles. The number of imidazole rings is 1. The molecule has 102 valence electrons. The zero-order valence-corrected chi connectivity index (χ0v) is 12.2. The topological polar surface area (TPSA) is 41.1 Å². The Hall–Kier alpha value is -1.17. The van der Waals surface area contributed by atoms with Crippen LogP contribution in [0.3, 0.4) is 0 Å². The minimum Gasteiger partial charge on any atom is -0.378 e. The number of hydrogen-bond donors (Lipinski definition) is 1. The molecule has 0 aromatic carbocycles. The number of aromatic amines is 1. The molecule has 2 aromatic rings. The van der Waals surface area contributed by atoms with E-state index in [0.29, 0.717) is 0 Å². The predicted octanol–water partition coefficient (Wildman–Crippen LogP) is 2.66.